The van der Waals surface area contributed by atoms with Gasteiger partial charge in [-0.25, -0.2) is 4.68 Å². The van der Waals surface area contributed by atoms with Crippen molar-refractivity contribution < 1.29 is 9.47 Å². The van der Waals surface area contributed by atoms with E-state index in [9.17, 15) is 0 Å². The highest BCUT2D eigenvalue weighted by Crippen LogP contribution is 2.38. The van der Waals surface area contributed by atoms with Crippen LogP contribution in [0.15, 0.2) is 36.4 Å². The topological polar surface area (TPSA) is 61.2 Å². The summed E-state index contributed by atoms with van der Waals surface area (Å²) in [6.07, 6.45) is 0. The first-order valence-corrected chi connectivity index (χ1v) is 8.26. The van der Waals surface area contributed by atoms with Crippen LogP contribution in [0.2, 0.25) is 5.02 Å². The molecule has 0 bridgehead atoms. The summed E-state index contributed by atoms with van der Waals surface area (Å²) < 4.78 is 13.0. The van der Waals surface area contributed by atoms with E-state index in [-0.39, 0.29) is 0 Å². The van der Waals surface area contributed by atoms with E-state index in [0.717, 1.165) is 29.7 Å². The smallest absolute Gasteiger partial charge is 0.179 e. The van der Waals surface area contributed by atoms with Crippen molar-refractivity contribution in [3.05, 3.63) is 47.0 Å². The molecule has 0 fully saturated rings. The number of halogens is 1. The second-order valence-electron chi connectivity index (χ2n) is 5.58. The lowest BCUT2D eigenvalue weighted by molar-refractivity contribution is 0.171. The molecule has 2 aromatic carbocycles. The Hall–Kier alpha value is -2.31. The summed E-state index contributed by atoms with van der Waals surface area (Å²) >= 11 is 6.25. The third-order valence-corrected chi connectivity index (χ3v) is 4.19. The van der Waals surface area contributed by atoms with Gasteiger partial charge >= 0.3 is 0 Å². The van der Waals surface area contributed by atoms with E-state index in [1.807, 2.05) is 41.1 Å². The van der Waals surface area contributed by atoms with Gasteiger partial charge in [-0.2, -0.15) is 0 Å². The van der Waals surface area contributed by atoms with Crippen molar-refractivity contribution in [3.8, 4) is 11.5 Å². The van der Waals surface area contributed by atoms with Crippen molar-refractivity contribution in [2.45, 2.75) is 13.1 Å². The van der Waals surface area contributed by atoms with Gasteiger partial charge in [0.15, 0.2) is 11.5 Å². The SMILES string of the molecule is Clc1cc(CNCCn2nnc3ccccc32)cc2c1OCCO2. The number of fused-ring (bicyclic) bond motifs is 2. The maximum atomic E-state index is 6.25. The van der Waals surface area contributed by atoms with Gasteiger partial charge in [0.2, 0.25) is 0 Å². The Bertz CT molecular complexity index is 865. The number of para-hydroxylation sites is 1. The third kappa shape index (κ3) is 3.02. The zero-order valence-corrected chi connectivity index (χ0v) is 13.8. The van der Waals surface area contributed by atoms with Crippen LogP contribution < -0.4 is 14.8 Å². The molecule has 0 unspecified atom stereocenters. The number of rotatable bonds is 5. The average molecular weight is 345 g/mol. The zero-order valence-electron chi connectivity index (χ0n) is 13.0. The predicted octanol–water partition coefficient (Wildman–Crippen LogP) is 2.65. The molecule has 1 N–H and O–H groups in total. The first kappa shape index (κ1) is 15.2. The summed E-state index contributed by atoms with van der Waals surface area (Å²) in [5, 5.41) is 12.3. The highest BCUT2D eigenvalue weighted by Gasteiger charge is 2.16. The van der Waals surface area contributed by atoms with Crippen molar-refractivity contribution in [2.24, 2.45) is 0 Å². The summed E-state index contributed by atoms with van der Waals surface area (Å²) in [6.45, 7) is 3.32. The fourth-order valence-electron chi connectivity index (χ4n) is 2.77. The highest BCUT2D eigenvalue weighted by atomic mass is 35.5. The second kappa shape index (κ2) is 6.67. The summed E-state index contributed by atoms with van der Waals surface area (Å²) in [5.41, 5.74) is 3.02. The number of benzene rings is 2. The Kier molecular flexibility index (Phi) is 4.23. The van der Waals surface area contributed by atoms with Crippen LogP contribution in [0.4, 0.5) is 0 Å². The molecular weight excluding hydrogens is 328 g/mol. The Morgan fingerprint density at radius 2 is 2.04 bits per heavy atom. The Morgan fingerprint density at radius 3 is 3.00 bits per heavy atom. The first-order chi connectivity index (χ1) is 11.8. The van der Waals surface area contributed by atoms with Gasteiger partial charge < -0.3 is 14.8 Å². The fraction of sp³-hybridized carbons (Fsp3) is 0.294. The van der Waals surface area contributed by atoms with E-state index in [0.29, 0.717) is 36.3 Å². The van der Waals surface area contributed by atoms with Crippen LogP contribution in [0.5, 0.6) is 11.5 Å². The van der Waals surface area contributed by atoms with Crippen molar-refractivity contribution in [3.63, 3.8) is 0 Å². The van der Waals surface area contributed by atoms with Gasteiger partial charge in [-0.05, 0) is 29.8 Å². The monoisotopic (exact) mass is 344 g/mol. The number of hydrogen-bond donors (Lipinski definition) is 1. The van der Waals surface area contributed by atoms with E-state index in [1.54, 1.807) is 0 Å². The largest absolute Gasteiger partial charge is 0.486 e. The zero-order chi connectivity index (χ0) is 16.4. The van der Waals surface area contributed by atoms with Gasteiger partial charge in [-0.3, -0.25) is 0 Å². The molecule has 0 atom stereocenters. The van der Waals surface area contributed by atoms with E-state index in [2.05, 4.69) is 15.6 Å². The number of nitrogens with one attached hydrogen (secondary N) is 1. The molecule has 1 aliphatic rings. The quantitative estimate of drug-likeness (QED) is 0.721. The van der Waals surface area contributed by atoms with E-state index < -0.39 is 0 Å². The Labute approximate surface area is 144 Å². The summed E-state index contributed by atoms with van der Waals surface area (Å²) in [7, 11) is 0. The van der Waals surface area contributed by atoms with E-state index >= 15 is 0 Å². The normalized spacial score (nSPS) is 13.4. The van der Waals surface area contributed by atoms with Gasteiger partial charge in [0, 0.05) is 13.1 Å². The number of aromatic nitrogens is 3. The fourth-order valence-corrected chi connectivity index (χ4v) is 3.05. The van der Waals surface area contributed by atoms with Gasteiger partial charge in [-0.1, -0.05) is 28.9 Å². The van der Waals surface area contributed by atoms with Crippen LogP contribution in [-0.4, -0.2) is 34.8 Å². The molecule has 0 spiro atoms. The molecule has 7 heteroatoms. The van der Waals surface area contributed by atoms with Crippen LogP contribution in [0.25, 0.3) is 11.0 Å². The maximum absolute atomic E-state index is 6.25. The molecule has 3 aromatic rings. The van der Waals surface area contributed by atoms with Crippen molar-refractivity contribution in [1.82, 2.24) is 20.3 Å². The van der Waals surface area contributed by atoms with Crippen molar-refractivity contribution >= 4 is 22.6 Å². The minimum atomic E-state index is 0.538. The molecule has 4 rings (SSSR count). The molecule has 2 heterocycles. The summed E-state index contributed by atoms with van der Waals surface area (Å²) in [5.74, 6) is 1.36. The average Bonchev–Trinajstić information content (AvgIpc) is 3.02. The molecule has 1 aromatic heterocycles. The van der Waals surface area contributed by atoms with E-state index in [1.165, 1.54) is 0 Å². The highest BCUT2D eigenvalue weighted by molar-refractivity contribution is 6.32. The minimum absolute atomic E-state index is 0.538. The summed E-state index contributed by atoms with van der Waals surface area (Å²) in [4.78, 5) is 0. The molecule has 0 saturated heterocycles. The van der Waals surface area contributed by atoms with Crippen molar-refractivity contribution in [2.75, 3.05) is 19.8 Å². The molecule has 0 aliphatic carbocycles. The molecule has 1 aliphatic heterocycles. The van der Waals surface area contributed by atoms with Gasteiger partial charge in [0.25, 0.3) is 0 Å². The van der Waals surface area contributed by atoms with Crippen LogP contribution in [0.1, 0.15) is 5.56 Å². The van der Waals surface area contributed by atoms with Gasteiger partial charge in [0.05, 0.1) is 17.1 Å². The molecule has 24 heavy (non-hydrogen) atoms. The molecule has 0 radical (unpaired) electrons. The van der Waals surface area contributed by atoms with Crippen molar-refractivity contribution in [1.29, 1.82) is 0 Å². The van der Waals surface area contributed by atoms with Crippen LogP contribution in [0, 0.1) is 0 Å². The Balaban J connectivity index is 1.37. The molecule has 6 nitrogen and oxygen atoms in total. The second-order valence-corrected chi connectivity index (χ2v) is 5.99. The standard InChI is InChI=1S/C17H17ClN4O2/c18-13-9-12(10-16-17(13)24-8-7-23-16)11-19-5-6-22-15-4-2-1-3-14(15)20-21-22/h1-4,9-10,19H,5-8,11H2. The van der Waals surface area contributed by atoms with Gasteiger partial charge in [-0.15, -0.1) is 5.10 Å². The number of nitrogens with zero attached hydrogens (tertiary/aromatic N) is 3. The molecule has 0 saturated carbocycles. The lowest BCUT2D eigenvalue weighted by atomic mass is 10.2. The van der Waals surface area contributed by atoms with Crippen LogP contribution in [-0.2, 0) is 13.1 Å². The third-order valence-electron chi connectivity index (χ3n) is 3.91. The molecular formula is C17H17ClN4O2. The Morgan fingerprint density at radius 1 is 1.17 bits per heavy atom. The number of hydrogen-bond acceptors (Lipinski definition) is 5. The first-order valence-electron chi connectivity index (χ1n) is 7.88. The summed E-state index contributed by atoms with van der Waals surface area (Å²) in [6, 6.07) is 11.8. The molecule has 0 amide bonds. The lowest BCUT2D eigenvalue weighted by Gasteiger charge is -2.20. The van der Waals surface area contributed by atoms with Gasteiger partial charge in [0.1, 0.15) is 18.7 Å². The number of ether oxygens (including phenoxy) is 2. The van der Waals surface area contributed by atoms with Crippen LogP contribution in [0.3, 0.4) is 0 Å². The predicted molar refractivity (Wildman–Crippen MR) is 91.7 cm³/mol. The maximum Gasteiger partial charge on any atom is 0.179 e. The lowest BCUT2D eigenvalue weighted by Crippen LogP contribution is -2.21. The molecule has 124 valence electrons. The minimum Gasteiger partial charge on any atom is -0.486 e. The van der Waals surface area contributed by atoms with E-state index in [4.69, 9.17) is 21.1 Å². The van der Waals surface area contributed by atoms with Crippen LogP contribution >= 0.6 is 11.6 Å².